The molecule has 0 bridgehead atoms. The number of nitrogens with one attached hydrogen (secondary N) is 1. The molecule has 7 heteroatoms. The van der Waals surface area contributed by atoms with Gasteiger partial charge in [-0.15, -0.1) is 0 Å². The van der Waals surface area contributed by atoms with Crippen LogP contribution in [0, 0.1) is 0 Å². The molecule has 3 N–H and O–H groups in total. The van der Waals surface area contributed by atoms with Crippen LogP contribution in [0.4, 0.5) is 0 Å². The molecule has 1 aromatic rings. The Hall–Kier alpha value is -0.660. The van der Waals surface area contributed by atoms with Gasteiger partial charge in [0.15, 0.2) is 0 Å². The standard InChI is InChI=1S/C11H17ClN2O3S/c1-8(17-2)7-14-18(15,16)11-5-9(6-13)3-4-10(11)12/h3-5,8,14H,6-7,13H2,1-2H3. The molecule has 0 fully saturated rings. The van der Waals surface area contributed by atoms with E-state index < -0.39 is 10.0 Å². The normalized spacial score (nSPS) is 13.6. The van der Waals surface area contributed by atoms with Crippen molar-refractivity contribution in [1.29, 1.82) is 0 Å². The Bertz CT molecular complexity index is 505. The fraction of sp³-hybridized carbons (Fsp3) is 0.455. The Balaban J connectivity index is 2.97. The van der Waals surface area contributed by atoms with E-state index in [9.17, 15) is 8.42 Å². The SMILES string of the molecule is COC(C)CNS(=O)(=O)c1cc(CN)ccc1Cl. The van der Waals surface area contributed by atoms with Crippen molar-refractivity contribution in [2.75, 3.05) is 13.7 Å². The van der Waals surface area contributed by atoms with E-state index in [-0.39, 0.29) is 29.1 Å². The first-order valence-electron chi connectivity index (χ1n) is 5.41. The van der Waals surface area contributed by atoms with E-state index in [1.54, 1.807) is 13.0 Å². The van der Waals surface area contributed by atoms with Crippen LogP contribution >= 0.6 is 11.6 Å². The van der Waals surface area contributed by atoms with Gasteiger partial charge in [-0.2, -0.15) is 0 Å². The molecule has 0 heterocycles. The summed E-state index contributed by atoms with van der Waals surface area (Å²) >= 11 is 5.90. The Morgan fingerprint density at radius 2 is 2.17 bits per heavy atom. The Morgan fingerprint density at radius 3 is 2.72 bits per heavy atom. The van der Waals surface area contributed by atoms with Gasteiger partial charge in [0.1, 0.15) is 4.90 Å². The predicted octanol–water partition coefficient (Wildman–Crippen LogP) is 1.11. The van der Waals surface area contributed by atoms with Crippen LogP contribution in [0.2, 0.25) is 5.02 Å². The van der Waals surface area contributed by atoms with Crippen LogP contribution in [0.1, 0.15) is 12.5 Å². The lowest BCUT2D eigenvalue weighted by molar-refractivity contribution is 0.122. The molecule has 0 saturated heterocycles. The van der Waals surface area contributed by atoms with Crippen molar-refractivity contribution in [2.45, 2.75) is 24.5 Å². The number of ether oxygens (including phenoxy) is 1. The van der Waals surface area contributed by atoms with Crippen molar-refractivity contribution in [3.63, 3.8) is 0 Å². The quantitative estimate of drug-likeness (QED) is 0.823. The number of halogens is 1. The Morgan fingerprint density at radius 1 is 1.50 bits per heavy atom. The molecule has 1 aromatic carbocycles. The van der Waals surface area contributed by atoms with Crippen LogP contribution in [0.25, 0.3) is 0 Å². The van der Waals surface area contributed by atoms with Crippen molar-refractivity contribution in [2.24, 2.45) is 5.73 Å². The van der Waals surface area contributed by atoms with Crippen LogP contribution in [-0.2, 0) is 21.3 Å². The summed E-state index contributed by atoms with van der Waals surface area (Å²) in [6.45, 7) is 2.20. The minimum atomic E-state index is -3.65. The summed E-state index contributed by atoms with van der Waals surface area (Å²) in [4.78, 5) is 0.0374. The van der Waals surface area contributed by atoms with Gasteiger partial charge < -0.3 is 10.5 Å². The van der Waals surface area contributed by atoms with Gasteiger partial charge in [-0.1, -0.05) is 17.7 Å². The molecule has 102 valence electrons. The predicted molar refractivity (Wildman–Crippen MR) is 71.0 cm³/mol. The van der Waals surface area contributed by atoms with Crippen molar-refractivity contribution < 1.29 is 13.2 Å². The summed E-state index contributed by atoms with van der Waals surface area (Å²) in [7, 11) is -2.13. The summed E-state index contributed by atoms with van der Waals surface area (Å²) in [5.41, 5.74) is 6.19. The average molecular weight is 293 g/mol. The molecule has 0 saturated carbocycles. The maximum Gasteiger partial charge on any atom is 0.242 e. The highest BCUT2D eigenvalue weighted by Gasteiger charge is 2.18. The van der Waals surface area contributed by atoms with Gasteiger partial charge in [0.05, 0.1) is 11.1 Å². The monoisotopic (exact) mass is 292 g/mol. The lowest BCUT2D eigenvalue weighted by atomic mass is 10.2. The minimum Gasteiger partial charge on any atom is -0.380 e. The molecular formula is C11H17ClN2O3S. The lowest BCUT2D eigenvalue weighted by Gasteiger charge is -2.12. The Labute approximate surface area is 112 Å². The average Bonchev–Trinajstić information content (AvgIpc) is 2.36. The largest absolute Gasteiger partial charge is 0.380 e. The van der Waals surface area contributed by atoms with Crippen LogP contribution in [0.15, 0.2) is 23.1 Å². The fourth-order valence-corrected chi connectivity index (χ4v) is 2.93. The smallest absolute Gasteiger partial charge is 0.242 e. The van der Waals surface area contributed by atoms with E-state index in [2.05, 4.69) is 4.72 Å². The van der Waals surface area contributed by atoms with Crippen LogP contribution < -0.4 is 10.5 Å². The van der Waals surface area contributed by atoms with Gasteiger partial charge >= 0.3 is 0 Å². The molecule has 5 nitrogen and oxygen atoms in total. The first-order chi connectivity index (χ1) is 8.40. The van der Waals surface area contributed by atoms with Gasteiger partial charge in [0.2, 0.25) is 10.0 Å². The van der Waals surface area contributed by atoms with E-state index in [1.807, 2.05) is 0 Å². The topological polar surface area (TPSA) is 81.4 Å². The van der Waals surface area contributed by atoms with E-state index >= 15 is 0 Å². The molecular weight excluding hydrogens is 276 g/mol. The van der Waals surface area contributed by atoms with Crippen LogP contribution in [0.3, 0.4) is 0 Å². The lowest BCUT2D eigenvalue weighted by Crippen LogP contribution is -2.31. The third-order valence-electron chi connectivity index (χ3n) is 2.48. The number of nitrogens with two attached hydrogens (primary N) is 1. The third-order valence-corrected chi connectivity index (χ3v) is 4.39. The second-order valence-electron chi connectivity index (χ2n) is 3.87. The second kappa shape index (κ2) is 6.49. The van der Waals surface area contributed by atoms with Gasteiger partial charge in [-0.25, -0.2) is 13.1 Å². The maximum absolute atomic E-state index is 12.0. The second-order valence-corrected chi connectivity index (χ2v) is 6.01. The van der Waals surface area contributed by atoms with Crippen molar-refractivity contribution >= 4 is 21.6 Å². The van der Waals surface area contributed by atoms with E-state index in [4.69, 9.17) is 22.1 Å². The molecule has 1 atom stereocenters. The first kappa shape index (κ1) is 15.4. The van der Waals surface area contributed by atoms with Crippen molar-refractivity contribution in [3.05, 3.63) is 28.8 Å². The zero-order chi connectivity index (χ0) is 13.8. The third kappa shape index (κ3) is 3.93. The number of rotatable bonds is 6. The van der Waals surface area contributed by atoms with Gasteiger partial charge in [0, 0.05) is 20.2 Å². The van der Waals surface area contributed by atoms with E-state index in [1.165, 1.54) is 19.2 Å². The van der Waals surface area contributed by atoms with E-state index in [0.29, 0.717) is 5.56 Å². The van der Waals surface area contributed by atoms with Gasteiger partial charge in [-0.05, 0) is 24.6 Å². The Kier molecular flexibility index (Phi) is 5.55. The summed E-state index contributed by atoms with van der Waals surface area (Å²) in [6, 6.07) is 4.69. The van der Waals surface area contributed by atoms with Gasteiger partial charge in [0.25, 0.3) is 0 Å². The molecule has 0 spiro atoms. The highest BCUT2D eigenvalue weighted by atomic mass is 35.5. The molecule has 0 aliphatic rings. The summed E-state index contributed by atoms with van der Waals surface area (Å²) < 4.78 is 31.5. The van der Waals surface area contributed by atoms with Crippen molar-refractivity contribution in [1.82, 2.24) is 4.72 Å². The molecule has 1 unspecified atom stereocenters. The first-order valence-corrected chi connectivity index (χ1v) is 7.27. The molecule has 0 aliphatic carbocycles. The van der Waals surface area contributed by atoms with Crippen molar-refractivity contribution in [3.8, 4) is 0 Å². The molecule has 1 rings (SSSR count). The number of methoxy groups -OCH3 is 1. The minimum absolute atomic E-state index is 0.0374. The van der Waals surface area contributed by atoms with Crippen LogP contribution in [0.5, 0.6) is 0 Å². The van der Waals surface area contributed by atoms with Gasteiger partial charge in [-0.3, -0.25) is 0 Å². The fourth-order valence-electron chi connectivity index (χ4n) is 1.27. The molecule has 18 heavy (non-hydrogen) atoms. The summed E-state index contributed by atoms with van der Waals surface area (Å²) in [5, 5.41) is 0.171. The zero-order valence-corrected chi connectivity index (χ0v) is 11.9. The number of benzene rings is 1. The molecule has 0 aliphatic heterocycles. The molecule has 0 aromatic heterocycles. The summed E-state index contributed by atoms with van der Waals surface area (Å²) in [6.07, 6.45) is -0.212. The number of hydrogen-bond acceptors (Lipinski definition) is 4. The van der Waals surface area contributed by atoms with Crippen LogP contribution in [-0.4, -0.2) is 28.2 Å². The maximum atomic E-state index is 12.0. The summed E-state index contributed by atoms with van der Waals surface area (Å²) in [5.74, 6) is 0. The van der Waals surface area contributed by atoms with E-state index in [0.717, 1.165) is 0 Å². The molecule has 0 radical (unpaired) electrons. The number of sulfonamides is 1. The highest BCUT2D eigenvalue weighted by molar-refractivity contribution is 7.89. The highest BCUT2D eigenvalue weighted by Crippen LogP contribution is 2.22. The molecule has 0 amide bonds. The zero-order valence-electron chi connectivity index (χ0n) is 10.3. The number of hydrogen-bond donors (Lipinski definition) is 2.